The minimum atomic E-state index is -1.02. The summed E-state index contributed by atoms with van der Waals surface area (Å²) in [7, 11) is 0. The predicted octanol–water partition coefficient (Wildman–Crippen LogP) is 2.43. The van der Waals surface area contributed by atoms with Gasteiger partial charge >= 0.3 is 11.9 Å². The molecule has 0 radical (unpaired) electrons. The molecular formula is C15H13NO5S. The number of benzene rings is 1. The molecule has 0 spiro atoms. The molecule has 2 aromatic rings. The molecule has 1 aromatic heterocycles. The molecule has 22 heavy (non-hydrogen) atoms. The average Bonchev–Trinajstić information content (AvgIpc) is 3.16. The van der Waals surface area contributed by atoms with Gasteiger partial charge in [-0.25, -0.2) is 4.79 Å². The van der Waals surface area contributed by atoms with Crippen LogP contribution in [0.5, 0.6) is 0 Å². The lowest BCUT2D eigenvalue weighted by Crippen LogP contribution is -2.21. The predicted molar refractivity (Wildman–Crippen MR) is 80.9 cm³/mol. The van der Waals surface area contributed by atoms with Crippen LogP contribution in [0.15, 0.2) is 40.8 Å². The van der Waals surface area contributed by atoms with Crippen molar-refractivity contribution in [3.05, 3.63) is 47.7 Å². The van der Waals surface area contributed by atoms with E-state index in [4.69, 9.17) is 9.52 Å². The molecule has 1 aliphatic rings. The smallest absolute Gasteiger partial charge is 0.336 e. The van der Waals surface area contributed by atoms with E-state index in [0.717, 1.165) is 0 Å². The molecule has 1 fully saturated rings. The molecule has 7 heteroatoms. The first-order valence-corrected chi connectivity index (χ1v) is 7.54. The summed E-state index contributed by atoms with van der Waals surface area (Å²) in [4.78, 5) is 22.2. The second kappa shape index (κ2) is 5.86. The van der Waals surface area contributed by atoms with Crippen LogP contribution in [0, 0.1) is 0 Å². The van der Waals surface area contributed by atoms with Crippen molar-refractivity contribution < 1.29 is 24.2 Å². The Morgan fingerprint density at radius 3 is 2.64 bits per heavy atom. The van der Waals surface area contributed by atoms with Gasteiger partial charge < -0.3 is 14.6 Å². The van der Waals surface area contributed by atoms with Crippen LogP contribution >= 0.6 is 11.8 Å². The Hall–Kier alpha value is -2.25. The quantitative estimate of drug-likeness (QED) is 0.795. The van der Waals surface area contributed by atoms with E-state index in [9.17, 15) is 14.7 Å². The van der Waals surface area contributed by atoms with Crippen molar-refractivity contribution in [2.45, 2.75) is 10.6 Å². The number of aromatic carboxylic acids is 1. The SMILES string of the molecule is O=C(O)c1ccccc1-c1ccc([C@@H]2NC[C@@H](C(=O)O)S2)o1. The van der Waals surface area contributed by atoms with Crippen molar-refractivity contribution in [3.63, 3.8) is 0 Å². The van der Waals surface area contributed by atoms with Crippen LogP contribution in [0.2, 0.25) is 0 Å². The van der Waals surface area contributed by atoms with Crippen molar-refractivity contribution in [1.82, 2.24) is 5.32 Å². The molecule has 0 bridgehead atoms. The van der Waals surface area contributed by atoms with Gasteiger partial charge in [-0.3, -0.25) is 10.1 Å². The maximum absolute atomic E-state index is 11.3. The zero-order valence-electron chi connectivity index (χ0n) is 11.4. The fourth-order valence-electron chi connectivity index (χ4n) is 2.31. The van der Waals surface area contributed by atoms with E-state index in [-0.39, 0.29) is 10.9 Å². The van der Waals surface area contributed by atoms with Crippen LogP contribution in [0.4, 0.5) is 0 Å². The monoisotopic (exact) mass is 319 g/mol. The second-order valence-corrected chi connectivity index (χ2v) is 6.12. The Kier molecular flexibility index (Phi) is 3.91. The normalized spacial score (nSPS) is 20.9. The number of furan rings is 1. The van der Waals surface area contributed by atoms with Crippen LogP contribution in [0.25, 0.3) is 11.3 Å². The van der Waals surface area contributed by atoms with Gasteiger partial charge in [0.1, 0.15) is 22.1 Å². The van der Waals surface area contributed by atoms with Crippen molar-refractivity contribution in [2.24, 2.45) is 0 Å². The van der Waals surface area contributed by atoms with Gasteiger partial charge in [0, 0.05) is 12.1 Å². The lowest BCUT2D eigenvalue weighted by molar-refractivity contribution is -0.136. The van der Waals surface area contributed by atoms with Gasteiger partial charge in [-0.05, 0) is 18.2 Å². The molecule has 0 amide bonds. The van der Waals surface area contributed by atoms with Crippen molar-refractivity contribution in [1.29, 1.82) is 0 Å². The van der Waals surface area contributed by atoms with E-state index < -0.39 is 17.2 Å². The minimum absolute atomic E-state index is 0.166. The van der Waals surface area contributed by atoms with E-state index in [2.05, 4.69) is 5.32 Å². The summed E-state index contributed by atoms with van der Waals surface area (Å²) in [5.74, 6) is -0.839. The molecule has 114 valence electrons. The van der Waals surface area contributed by atoms with Gasteiger partial charge in [-0.1, -0.05) is 18.2 Å². The van der Waals surface area contributed by atoms with E-state index in [0.29, 0.717) is 23.6 Å². The van der Waals surface area contributed by atoms with Crippen LogP contribution in [0.3, 0.4) is 0 Å². The highest BCUT2D eigenvalue weighted by Gasteiger charge is 2.32. The van der Waals surface area contributed by atoms with Crippen molar-refractivity contribution >= 4 is 23.7 Å². The topological polar surface area (TPSA) is 99.8 Å². The molecule has 0 aliphatic carbocycles. The Morgan fingerprint density at radius 2 is 1.95 bits per heavy atom. The van der Waals surface area contributed by atoms with Crippen LogP contribution in [-0.4, -0.2) is 33.9 Å². The molecule has 6 nitrogen and oxygen atoms in total. The number of rotatable bonds is 4. The fraction of sp³-hybridized carbons (Fsp3) is 0.200. The first-order chi connectivity index (χ1) is 10.6. The van der Waals surface area contributed by atoms with E-state index in [1.807, 2.05) is 0 Å². The number of carboxylic acid groups (broad SMARTS) is 2. The van der Waals surface area contributed by atoms with E-state index in [1.165, 1.54) is 17.8 Å². The molecule has 1 aliphatic heterocycles. The maximum Gasteiger partial charge on any atom is 0.336 e. The van der Waals surface area contributed by atoms with Gasteiger partial charge in [0.25, 0.3) is 0 Å². The van der Waals surface area contributed by atoms with Gasteiger partial charge in [0.2, 0.25) is 0 Å². The summed E-state index contributed by atoms with van der Waals surface area (Å²) in [5, 5.41) is 20.5. The summed E-state index contributed by atoms with van der Waals surface area (Å²) in [6.07, 6.45) is 0. The third-order valence-electron chi connectivity index (χ3n) is 3.37. The summed E-state index contributed by atoms with van der Waals surface area (Å²) in [6.45, 7) is 0.367. The number of hydrogen-bond donors (Lipinski definition) is 3. The highest BCUT2D eigenvalue weighted by molar-refractivity contribution is 8.01. The molecule has 3 rings (SSSR count). The number of carboxylic acids is 2. The third kappa shape index (κ3) is 2.72. The van der Waals surface area contributed by atoms with Gasteiger partial charge in [-0.15, -0.1) is 11.8 Å². The highest BCUT2D eigenvalue weighted by atomic mass is 32.2. The molecule has 0 unspecified atom stereocenters. The van der Waals surface area contributed by atoms with E-state index in [1.54, 1.807) is 30.3 Å². The summed E-state index contributed by atoms with van der Waals surface area (Å²) < 4.78 is 5.73. The van der Waals surface area contributed by atoms with Crippen molar-refractivity contribution in [2.75, 3.05) is 6.54 Å². The zero-order chi connectivity index (χ0) is 15.7. The average molecular weight is 319 g/mol. The van der Waals surface area contributed by atoms with E-state index >= 15 is 0 Å². The first kappa shape index (κ1) is 14.7. The number of thioether (sulfide) groups is 1. The standard InChI is InChI=1S/C15H13NO5S/c17-14(18)9-4-2-1-3-8(9)10-5-6-11(21-10)13-16-7-12(22-13)15(19)20/h1-6,12-13,16H,7H2,(H,17,18)(H,19,20)/t12-,13+/m0/s1. The Morgan fingerprint density at radius 1 is 1.18 bits per heavy atom. The van der Waals surface area contributed by atoms with Gasteiger partial charge in [-0.2, -0.15) is 0 Å². The van der Waals surface area contributed by atoms with Gasteiger partial charge in [0.15, 0.2) is 0 Å². The third-order valence-corrected chi connectivity index (χ3v) is 4.74. The number of nitrogens with one attached hydrogen (secondary N) is 1. The first-order valence-electron chi connectivity index (χ1n) is 6.60. The molecule has 0 saturated carbocycles. The fourth-order valence-corrected chi connectivity index (χ4v) is 3.40. The highest BCUT2D eigenvalue weighted by Crippen LogP contribution is 2.37. The Balaban J connectivity index is 1.86. The Labute approximate surface area is 130 Å². The lowest BCUT2D eigenvalue weighted by atomic mass is 10.1. The molecule has 1 aromatic carbocycles. The summed E-state index contributed by atoms with van der Waals surface area (Å²) in [5.41, 5.74) is 0.665. The number of carbonyl (C=O) groups is 2. The van der Waals surface area contributed by atoms with Crippen LogP contribution in [-0.2, 0) is 4.79 Å². The molecule has 1 saturated heterocycles. The molecular weight excluding hydrogens is 306 g/mol. The van der Waals surface area contributed by atoms with Crippen LogP contribution in [0.1, 0.15) is 21.5 Å². The summed E-state index contributed by atoms with van der Waals surface area (Å²) in [6, 6.07) is 10.0. The maximum atomic E-state index is 11.3. The largest absolute Gasteiger partial charge is 0.480 e. The van der Waals surface area contributed by atoms with Gasteiger partial charge in [0.05, 0.1) is 5.56 Å². The molecule has 3 N–H and O–H groups in total. The zero-order valence-corrected chi connectivity index (χ0v) is 12.2. The van der Waals surface area contributed by atoms with Crippen molar-refractivity contribution in [3.8, 4) is 11.3 Å². The number of aliphatic carboxylic acids is 1. The Bertz CT molecular complexity index is 726. The number of hydrogen-bond acceptors (Lipinski definition) is 5. The minimum Gasteiger partial charge on any atom is -0.480 e. The second-order valence-electron chi connectivity index (χ2n) is 4.80. The lowest BCUT2D eigenvalue weighted by Gasteiger charge is -2.06. The summed E-state index contributed by atoms with van der Waals surface area (Å²) >= 11 is 1.27. The molecule has 2 heterocycles. The van der Waals surface area contributed by atoms with Crippen LogP contribution < -0.4 is 5.32 Å². The molecule has 2 atom stereocenters.